The number of nitrogens with zero attached hydrogens (tertiary/aromatic N) is 1. The van der Waals surface area contributed by atoms with Crippen LogP contribution in [0.1, 0.15) is 52.4 Å². The third-order valence-electron chi connectivity index (χ3n) is 4.18. The van der Waals surface area contributed by atoms with Gasteiger partial charge in [-0.1, -0.05) is 19.3 Å². The van der Waals surface area contributed by atoms with Crippen molar-refractivity contribution in [2.24, 2.45) is 0 Å². The smallest absolute Gasteiger partial charge is 0.247 e. The summed E-state index contributed by atoms with van der Waals surface area (Å²) in [5, 5.41) is 3.23. The van der Waals surface area contributed by atoms with E-state index in [2.05, 4.69) is 5.32 Å². The summed E-state index contributed by atoms with van der Waals surface area (Å²) in [6.45, 7) is 5.16. The zero-order valence-corrected chi connectivity index (χ0v) is 12.6. The van der Waals surface area contributed by atoms with Gasteiger partial charge in [0.15, 0.2) is 0 Å². The zero-order valence-electron chi connectivity index (χ0n) is 12.6. The van der Waals surface area contributed by atoms with E-state index in [1.807, 2.05) is 13.8 Å². The average molecular weight is 282 g/mol. The Morgan fingerprint density at radius 2 is 2.00 bits per heavy atom. The Labute approximate surface area is 121 Å². The standard InChI is InChI=1S/C15H26N2O3/c1-3-20-10-11(2)16-13-9-14(18)17(15(13)19)12-7-5-4-6-8-12/h11-13,16H,3-10H2,1-2H3. The number of carbonyl (C=O) groups excluding carboxylic acids is 2. The summed E-state index contributed by atoms with van der Waals surface area (Å²) in [7, 11) is 0. The zero-order chi connectivity index (χ0) is 14.5. The lowest BCUT2D eigenvalue weighted by Crippen LogP contribution is -2.47. The highest BCUT2D eigenvalue weighted by Gasteiger charge is 2.42. The van der Waals surface area contributed by atoms with Crippen molar-refractivity contribution >= 4 is 11.8 Å². The number of hydrogen-bond acceptors (Lipinski definition) is 4. The number of nitrogens with one attached hydrogen (secondary N) is 1. The quantitative estimate of drug-likeness (QED) is 0.749. The summed E-state index contributed by atoms with van der Waals surface area (Å²) in [6, 6.07) is -0.138. The highest BCUT2D eigenvalue weighted by molar-refractivity contribution is 6.05. The van der Waals surface area contributed by atoms with Crippen molar-refractivity contribution in [3.05, 3.63) is 0 Å². The molecule has 1 aliphatic heterocycles. The van der Waals surface area contributed by atoms with Gasteiger partial charge in [-0.05, 0) is 26.7 Å². The summed E-state index contributed by atoms with van der Waals surface area (Å²) in [6.07, 6.45) is 5.71. The normalized spacial score (nSPS) is 26.3. The predicted molar refractivity (Wildman–Crippen MR) is 76.2 cm³/mol. The number of likely N-dealkylation sites (tertiary alicyclic amines) is 1. The molecule has 1 aliphatic carbocycles. The molecule has 5 heteroatoms. The molecule has 2 atom stereocenters. The van der Waals surface area contributed by atoms with Crippen molar-refractivity contribution in [3.63, 3.8) is 0 Å². The first kappa shape index (κ1) is 15.4. The number of amides is 2. The third-order valence-corrected chi connectivity index (χ3v) is 4.18. The monoisotopic (exact) mass is 282 g/mol. The maximum absolute atomic E-state index is 12.4. The van der Waals surface area contributed by atoms with Gasteiger partial charge in [0.05, 0.1) is 19.1 Å². The maximum Gasteiger partial charge on any atom is 0.247 e. The fourth-order valence-corrected chi connectivity index (χ4v) is 3.19. The Morgan fingerprint density at radius 1 is 1.30 bits per heavy atom. The molecule has 0 aromatic heterocycles. The second-order valence-electron chi connectivity index (χ2n) is 5.88. The first-order valence-electron chi connectivity index (χ1n) is 7.83. The number of rotatable bonds is 6. The minimum Gasteiger partial charge on any atom is -0.380 e. The van der Waals surface area contributed by atoms with Crippen molar-refractivity contribution in [1.29, 1.82) is 0 Å². The van der Waals surface area contributed by atoms with Crippen LogP contribution in [0, 0.1) is 0 Å². The average Bonchev–Trinajstić information content (AvgIpc) is 2.72. The Bertz CT molecular complexity index is 353. The van der Waals surface area contributed by atoms with Crippen LogP contribution in [0.3, 0.4) is 0 Å². The van der Waals surface area contributed by atoms with Crippen LogP contribution in [0.15, 0.2) is 0 Å². The molecule has 2 unspecified atom stereocenters. The van der Waals surface area contributed by atoms with E-state index < -0.39 is 0 Å². The van der Waals surface area contributed by atoms with E-state index >= 15 is 0 Å². The molecule has 1 N–H and O–H groups in total. The van der Waals surface area contributed by atoms with Gasteiger partial charge in [-0.15, -0.1) is 0 Å². The second kappa shape index (κ2) is 7.18. The summed E-state index contributed by atoms with van der Waals surface area (Å²) in [5.41, 5.74) is 0. The van der Waals surface area contributed by atoms with Crippen LogP contribution in [-0.2, 0) is 14.3 Å². The Hall–Kier alpha value is -0.940. The largest absolute Gasteiger partial charge is 0.380 e. The minimum absolute atomic E-state index is 0.0111. The van der Waals surface area contributed by atoms with Crippen LogP contribution in [0.25, 0.3) is 0 Å². The van der Waals surface area contributed by atoms with E-state index in [9.17, 15) is 9.59 Å². The molecule has 0 radical (unpaired) electrons. The Balaban J connectivity index is 1.90. The molecule has 2 rings (SSSR count). The molecule has 114 valence electrons. The highest BCUT2D eigenvalue weighted by Crippen LogP contribution is 2.27. The van der Waals surface area contributed by atoms with Crippen molar-refractivity contribution in [1.82, 2.24) is 10.2 Å². The molecule has 0 spiro atoms. The molecule has 1 saturated heterocycles. The summed E-state index contributed by atoms with van der Waals surface area (Å²) < 4.78 is 5.34. The number of carbonyl (C=O) groups is 2. The molecule has 0 aromatic carbocycles. The molecule has 1 heterocycles. The molecule has 1 saturated carbocycles. The molecule has 2 aliphatic rings. The van der Waals surface area contributed by atoms with Gasteiger partial charge < -0.3 is 10.1 Å². The maximum atomic E-state index is 12.4. The summed E-state index contributed by atoms with van der Waals surface area (Å²) in [4.78, 5) is 26.1. The van der Waals surface area contributed by atoms with Gasteiger partial charge in [0.2, 0.25) is 11.8 Å². The third kappa shape index (κ3) is 3.58. The topological polar surface area (TPSA) is 58.6 Å². The molecule has 0 aromatic rings. The molecular formula is C15H26N2O3. The van der Waals surface area contributed by atoms with Crippen LogP contribution >= 0.6 is 0 Å². The first-order valence-corrected chi connectivity index (χ1v) is 7.83. The fourth-order valence-electron chi connectivity index (χ4n) is 3.19. The highest BCUT2D eigenvalue weighted by atomic mass is 16.5. The lowest BCUT2D eigenvalue weighted by Gasteiger charge is -2.30. The fraction of sp³-hybridized carbons (Fsp3) is 0.867. The van der Waals surface area contributed by atoms with E-state index in [1.54, 1.807) is 0 Å². The van der Waals surface area contributed by atoms with E-state index in [-0.39, 0.29) is 29.9 Å². The number of ether oxygens (including phenoxy) is 1. The van der Waals surface area contributed by atoms with E-state index in [0.717, 1.165) is 25.7 Å². The number of imide groups is 1. The van der Waals surface area contributed by atoms with Crippen molar-refractivity contribution in [3.8, 4) is 0 Å². The summed E-state index contributed by atoms with van der Waals surface area (Å²) >= 11 is 0. The minimum atomic E-state index is -0.361. The lowest BCUT2D eigenvalue weighted by molar-refractivity contribution is -0.142. The Morgan fingerprint density at radius 3 is 2.65 bits per heavy atom. The van der Waals surface area contributed by atoms with Gasteiger partial charge in [0.1, 0.15) is 0 Å². The molecule has 0 bridgehead atoms. The van der Waals surface area contributed by atoms with E-state index in [1.165, 1.54) is 11.3 Å². The van der Waals surface area contributed by atoms with Gasteiger partial charge in [-0.2, -0.15) is 0 Å². The predicted octanol–water partition coefficient (Wildman–Crippen LogP) is 1.46. The van der Waals surface area contributed by atoms with Crippen molar-refractivity contribution in [2.75, 3.05) is 13.2 Å². The van der Waals surface area contributed by atoms with E-state index in [4.69, 9.17) is 4.74 Å². The van der Waals surface area contributed by atoms with Crippen LogP contribution in [0.4, 0.5) is 0 Å². The van der Waals surface area contributed by atoms with Crippen molar-refractivity contribution < 1.29 is 14.3 Å². The van der Waals surface area contributed by atoms with Gasteiger partial charge in [-0.25, -0.2) is 0 Å². The molecule has 5 nitrogen and oxygen atoms in total. The Kier molecular flexibility index (Phi) is 5.54. The molecule has 2 fully saturated rings. The van der Waals surface area contributed by atoms with E-state index in [0.29, 0.717) is 19.6 Å². The van der Waals surface area contributed by atoms with Crippen molar-refractivity contribution in [2.45, 2.75) is 70.5 Å². The van der Waals surface area contributed by atoms with Gasteiger partial charge in [0.25, 0.3) is 0 Å². The van der Waals surface area contributed by atoms with Crippen LogP contribution in [0.2, 0.25) is 0 Å². The lowest BCUT2D eigenvalue weighted by atomic mass is 9.94. The van der Waals surface area contributed by atoms with Gasteiger partial charge >= 0.3 is 0 Å². The summed E-state index contributed by atoms with van der Waals surface area (Å²) in [5.74, 6) is -0.0479. The van der Waals surface area contributed by atoms with Gasteiger partial charge in [0, 0.05) is 18.7 Å². The van der Waals surface area contributed by atoms with Crippen LogP contribution < -0.4 is 5.32 Å². The number of hydrogen-bond donors (Lipinski definition) is 1. The van der Waals surface area contributed by atoms with Crippen LogP contribution in [-0.4, -0.2) is 48.1 Å². The second-order valence-corrected chi connectivity index (χ2v) is 5.88. The molecular weight excluding hydrogens is 256 g/mol. The first-order chi connectivity index (χ1) is 9.63. The molecule has 20 heavy (non-hydrogen) atoms. The van der Waals surface area contributed by atoms with Crippen LogP contribution in [0.5, 0.6) is 0 Å². The van der Waals surface area contributed by atoms with Gasteiger partial charge in [-0.3, -0.25) is 14.5 Å². The SMILES string of the molecule is CCOCC(C)NC1CC(=O)N(C2CCCCC2)C1=O. The molecule has 2 amide bonds.